The van der Waals surface area contributed by atoms with Crippen molar-refractivity contribution in [1.82, 2.24) is 4.31 Å². The van der Waals surface area contributed by atoms with Gasteiger partial charge in [0, 0.05) is 18.8 Å². The maximum absolute atomic E-state index is 14.2. The number of anilines is 1. The van der Waals surface area contributed by atoms with Crippen LogP contribution in [-0.4, -0.2) is 50.5 Å². The van der Waals surface area contributed by atoms with Crippen molar-refractivity contribution in [2.75, 3.05) is 31.6 Å². The molecule has 0 unspecified atom stereocenters. The molecular formula is C17H24FN3O4S. The minimum atomic E-state index is -4.00. The number of halogens is 1. The molecule has 1 saturated carbocycles. The first-order valence-corrected chi connectivity index (χ1v) is 10.2. The SMILES string of the molecule is NC1(C(=O)Nc2ccc(F)c(S(=O)(=O)N3CCOCC3)c2)CCCCC1. The summed E-state index contributed by atoms with van der Waals surface area (Å²) in [4.78, 5) is 12.1. The van der Waals surface area contributed by atoms with E-state index in [1.165, 1.54) is 10.4 Å². The van der Waals surface area contributed by atoms with Gasteiger partial charge in [0.1, 0.15) is 10.7 Å². The molecule has 1 saturated heterocycles. The van der Waals surface area contributed by atoms with Crippen molar-refractivity contribution in [1.29, 1.82) is 0 Å². The third kappa shape index (κ3) is 3.90. The lowest BCUT2D eigenvalue weighted by molar-refractivity contribution is -0.122. The Hall–Kier alpha value is -1.55. The largest absolute Gasteiger partial charge is 0.379 e. The van der Waals surface area contributed by atoms with Crippen molar-refractivity contribution in [2.45, 2.75) is 42.5 Å². The summed E-state index contributed by atoms with van der Waals surface area (Å²) in [5, 5.41) is 2.66. The standard InChI is InChI=1S/C17H24FN3O4S/c18-14-5-4-13(20-16(22)17(19)6-2-1-3-7-17)12-15(14)26(23,24)21-8-10-25-11-9-21/h4-5,12H,1-3,6-11,19H2,(H,20,22). The molecule has 0 spiro atoms. The zero-order chi connectivity index (χ0) is 18.8. The van der Waals surface area contributed by atoms with Crippen LogP contribution in [0.4, 0.5) is 10.1 Å². The van der Waals surface area contributed by atoms with E-state index in [0.29, 0.717) is 12.8 Å². The predicted octanol–water partition coefficient (Wildman–Crippen LogP) is 1.45. The molecule has 1 heterocycles. The molecule has 0 radical (unpaired) electrons. The normalized spacial score (nSPS) is 21.3. The quantitative estimate of drug-likeness (QED) is 0.817. The minimum Gasteiger partial charge on any atom is -0.379 e. The molecule has 0 aromatic heterocycles. The molecule has 1 aliphatic heterocycles. The number of nitrogens with zero attached hydrogens (tertiary/aromatic N) is 1. The van der Waals surface area contributed by atoms with Gasteiger partial charge < -0.3 is 15.8 Å². The first-order valence-electron chi connectivity index (χ1n) is 8.81. The Morgan fingerprint density at radius 2 is 1.85 bits per heavy atom. The Labute approximate surface area is 152 Å². The number of carbonyl (C=O) groups is 1. The van der Waals surface area contributed by atoms with Crippen LogP contribution in [0.3, 0.4) is 0 Å². The molecule has 9 heteroatoms. The second kappa shape index (κ2) is 7.59. The van der Waals surface area contributed by atoms with Gasteiger partial charge in [-0.3, -0.25) is 4.79 Å². The number of nitrogens with one attached hydrogen (secondary N) is 1. The smallest absolute Gasteiger partial charge is 0.246 e. The van der Waals surface area contributed by atoms with Gasteiger partial charge in [-0.2, -0.15) is 4.31 Å². The highest BCUT2D eigenvalue weighted by Gasteiger charge is 2.36. The Bertz CT molecular complexity index is 772. The number of benzene rings is 1. The highest BCUT2D eigenvalue weighted by Crippen LogP contribution is 2.28. The van der Waals surface area contributed by atoms with Gasteiger partial charge in [-0.1, -0.05) is 19.3 Å². The van der Waals surface area contributed by atoms with Crippen molar-refractivity contribution in [3.8, 4) is 0 Å². The molecule has 2 aliphatic rings. The molecule has 0 bridgehead atoms. The summed E-state index contributed by atoms with van der Waals surface area (Å²) < 4.78 is 46.0. The predicted molar refractivity (Wildman–Crippen MR) is 94.6 cm³/mol. The molecule has 26 heavy (non-hydrogen) atoms. The average molecular weight is 385 g/mol. The fourth-order valence-electron chi connectivity index (χ4n) is 3.37. The minimum absolute atomic E-state index is 0.171. The summed E-state index contributed by atoms with van der Waals surface area (Å²) in [7, 11) is -4.00. The van der Waals surface area contributed by atoms with E-state index in [2.05, 4.69) is 5.32 Å². The fourth-order valence-corrected chi connectivity index (χ4v) is 4.87. The van der Waals surface area contributed by atoms with E-state index in [4.69, 9.17) is 10.5 Å². The molecule has 3 N–H and O–H groups in total. The van der Waals surface area contributed by atoms with Crippen LogP contribution < -0.4 is 11.1 Å². The van der Waals surface area contributed by atoms with Crippen molar-refractivity contribution in [3.05, 3.63) is 24.0 Å². The maximum atomic E-state index is 14.2. The Balaban J connectivity index is 1.82. The summed E-state index contributed by atoms with van der Waals surface area (Å²) >= 11 is 0. The molecule has 7 nitrogen and oxygen atoms in total. The third-order valence-electron chi connectivity index (χ3n) is 4.97. The van der Waals surface area contributed by atoms with E-state index in [9.17, 15) is 17.6 Å². The number of hydrogen-bond donors (Lipinski definition) is 2. The topological polar surface area (TPSA) is 102 Å². The van der Waals surface area contributed by atoms with Crippen LogP contribution in [0.5, 0.6) is 0 Å². The van der Waals surface area contributed by atoms with E-state index in [1.807, 2.05) is 0 Å². The highest BCUT2D eigenvalue weighted by atomic mass is 32.2. The van der Waals surface area contributed by atoms with Gasteiger partial charge in [-0.05, 0) is 31.0 Å². The van der Waals surface area contributed by atoms with Gasteiger partial charge in [-0.15, -0.1) is 0 Å². The van der Waals surface area contributed by atoms with Gasteiger partial charge in [0.05, 0.1) is 18.8 Å². The second-order valence-corrected chi connectivity index (χ2v) is 8.74. The van der Waals surface area contributed by atoms with E-state index in [1.54, 1.807) is 0 Å². The monoisotopic (exact) mass is 385 g/mol. The zero-order valence-corrected chi connectivity index (χ0v) is 15.4. The number of sulfonamides is 1. The first-order chi connectivity index (χ1) is 12.3. The van der Waals surface area contributed by atoms with Crippen molar-refractivity contribution in [3.63, 3.8) is 0 Å². The van der Waals surface area contributed by atoms with Gasteiger partial charge in [0.25, 0.3) is 0 Å². The number of carbonyl (C=O) groups excluding carboxylic acids is 1. The number of morpholine rings is 1. The van der Waals surface area contributed by atoms with Crippen molar-refractivity contribution in [2.24, 2.45) is 5.73 Å². The van der Waals surface area contributed by atoms with Crippen LogP contribution in [0.1, 0.15) is 32.1 Å². The Morgan fingerprint density at radius 1 is 1.19 bits per heavy atom. The Kier molecular flexibility index (Phi) is 5.61. The first kappa shape index (κ1) is 19.2. The molecule has 144 valence electrons. The lowest BCUT2D eigenvalue weighted by Crippen LogP contribution is -2.52. The number of rotatable bonds is 4. The summed E-state index contributed by atoms with van der Waals surface area (Å²) in [6.45, 7) is 0.883. The molecule has 1 aromatic carbocycles. The van der Waals surface area contributed by atoms with Crippen LogP contribution in [0.15, 0.2) is 23.1 Å². The second-order valence-electron chi connectivity index (χ2n) is 6.83. The fraction of sp³-hybridized carbons (Fsp3) is 0.588. The number of hydrogen-bond acceptors (Lipinski definition) is 5. The van der Waals surface area contributed by atoms with Crippen LogP contribution in [0.2, 0.25) is 0 Å². The molecule has 1 aromatic rings. The Morgan fingerprint density at radius 3 is 2.50 bits per heavy atom. The number of ether oxygens (including phenoxy) is 1. The summed E-state index contributed by atoms with van der Waals surface area (Å²) in [5.74, 6) is -1.21. The van der Waals surface area contributed by atoms with Crippen molar-refractivity contribution >= 4 is 21.6 Å². The lowest BCUT2D eigenvalue weighted by atomic mass is 9.82. The van der Waals surface area contributed by atoms with Crippen LogP contribution >= 0.6 is 0 Å². The van der Waals surface area contributed by atoms with Gasteiger partial charge in [0.15, 0.2) is 0 Å². The maximum Gasteiger partial charge on any atom is 0.246 e. The van der Waals surface area contributed by atoms with E-state index < -0.39 is 26.3 Å². The summed E-state index contributed by atoms with van der Waals surface area (Å²) in [5.41, 5.74) is 5.45. The van der Waals surface area contributed by atoms with Crippen LogP contribution in [0, 0.1) is 5.82 Å². The van der Waals surface area contributed by atoms with Gasteiger partial charge >= 0.3 is 0 Å². The van der Waals surface area contributed by atoms with E-state index >= 15 is 0 Å². The van der Waals surface area contributed by atoms with Crippen molar-refractivity contribution < 1.29 is 22.3 Å². The lowest BCUT2D eigenvalue weighted by Gasteiger charge is -2.32. The molecule has 1 aliphatic carbocycles. The summed E-state index contributed by atoms with van der Waals surface area (Å²) in [6, 6.07) is 3.55. The van der Waals surface area contributed by atoms with Crippen LogP contribution in [-0.2, 0) is 19.6 Å². The molecular weight excluding hydrogens is 361 g/mol. The summed E-state index contributed by atoms with van der Waals surface area (Å²) in [6.07, 6.45) is 3.97. The highest BCUT2D eigenvalue weighted by molar-refractivity contribution is 7.89. The van der Waals surface area contributed by atoms with Crippen LogP contribution in [0.25, 0.3) is 0 Å². The average Bonchev–Trinajstić information content (AvgIpc) is 2.64. The molecule has 2 fully saturated rings. The third-order valence-corrected chi connectivity index (χ3v) is 6.89. The molecule has 3 rings (SSSR count). The van der Waals surface area contributed by atoms with E-state index in [-0.39, 0.29) is 37.9 Å². The van der Waals surface area contributed by atoms with Gasteiger partial charge in [-0.25, -0.2) is 12.8 Å². The molecule has 0 atom stereocenters. The number of nitrogens with two attached hydrogens (primary N) is 1. The van der Waals surface area contributed by atoms with Gasteiger partial charge in [0.2, 0.25) is 15.9 Å². The molecule has 1 amide bonds. The number of amides is 1. The van der Waals surface area contributed by atoms with E-state index in [0.717, 1.165) is 31.4 Å². The zero-order valence-electron chi connectivity index (χ0n) is 14.5.